The third kappa shape index (κ3) is 3.77. The van der Waals surface area contributed by atoms with Crippen LogP contribution in [-0.4, -0.2) is 21.6 Å². The van der Waals surface area contributed by atoms with E-state index in [0.29, 0.717) is 0 Å². The van der Waals surface area contributed by atoms with Gasteiger partial charge in [0.15, 0.2) is 0 Å². The SMILES string of the molecule is CS(=N)(=O)C1CCC(F)(F)CC1.Cl. The summed E-state index contributed by atoms with van der Waals surface area (Å²) in [4.78, 5) is 0. The van der Waals surface area contributed by atoms with Gasteiger partial charge in [0.25, 0.3) is 0 Å². The molecule has 1 saturated carbocycles. The average Bonchev–Trinajstić information content (AvgIpc) is 1.83. The van der Waals surface area contributed by atoms with Gasteiger partial charge in [0.05, 0.1) is 0 Å². The molecule has 0 bridgehead atoms. The Balaban J connectivity index is 0.00000144. The van der Waals surface area contributed by atoms with Gasteiger partial charge in [0, 0.05) is 34.1 Å². The van der Waals surface area contributed by atoms with Crippen molar-refractivity contribution in [2.45, 2.75) is 36.9 Å². The van der Waals surface area contributed by atoms with Crippen LogP contribution < -0.4 is 0 Å². The van der Waals surface area contributed by atoms with E-state index in [1.54, 1.807) is 0 Å². The van der Waals surface area contributed by atoms with Gasteiger partial charge in [0.1, 0.15) is 0 Å². The lowest BCUT2D eigenvalue weighted by molar-refractivity contribution is -0.0326. The van der Waals surface area contributed by atoms with Crippen LogP contribution >= 0.6 is 12.4 Å². The van der Waals surface area contributed by atoms with Gasteiger partial charge in [-0.1, -0.05) is 0 Å². The maximum atomic E-state index is 12.6. The predicted octanol–water partition coefficient (Wildman–Crippen LogP) is 2.66. The van der Waals surface area contributed by atoms with Gasteiger partial charge in [-0.15, -0.1) is 12.4 Å². The van der Waals surface area contributed by atoms with Crippen molar-refractivity contribution in [1.29, 1.82) is 4.78 Å². The summed E-state index contributed by atoms with van der Waals surface area (Å²) in [6.07, 6.45) is 1.38. The standard InChI is InChI=1S/C7H13F2NOS.ClH/c1-12(10,11)6-2-4-7(8,9)5-3-6;/h6,10H,2-5H2,1H3;1H. The highest BCUT2D eigenvalue weighted by Crippen LogP contribution is 2.35. The molecule has 1 aliphatic rings. The largest absolute Gasteiger partial charge is 0.253 e. The van der Waals surface area contributed by atoms with Crippen molar-refractivity contribution in [2.75, 3.05) is 6.26 Å². The molecule has 6 heteroatoms. The Morgan fingerprint density at radius 3 is 2.08 bits per heavy atom. The monoisotopic (exact) mass is 233 g/mol. The van der Waals surface area contributed by atoms with Crippen LogP contribution in [-0.2, 0) is 9.73 Å². The Kier molecular flexibility index (Phi) is 4.12. The number of rotatable bonds is 1. The van der Waals surface area contributed by atoms with Crippen molar-refractivity contribution in [1.82, 2.24) is 0 Å². The minimum atomic E-state index is -2.61. The molecule has 0 aromatic heterocycles. The first-order valence-corrected chi connectivity index (χ1v) is 5.95. The number of hydrogen-bond acceptors (Lipinski definition) is 2. The van der Waals surface area contributed by atoms with Crippen LogP contribution in [0.4, 0.5) is 8.78 Å². The summed E-state index contributed by atoms with van der Waals surface area (Å²) in [6, 6.07) is 0. The van der Waals surface area contributed by atoms with Gasteiger partial charge in [-0.2, -0.15) is 0 Å². The van der Waals surface area contributed by atoms with E-state index < -0.39 is 15.7 Å². The van der Waals surface area contributed by atoms with E-state index in [4.69, 9.17) is 4.78 Å². The Morgan fingerprint density at radius 1 is 1.38 bits per heavy atom. The molecule has 0 radical (unpaired) electrons. The second-order valence-electron chi connectivity index (χ2n) is 3.46. The normalized spacial score (nSPS) is 27.3. The Hall–Kier alpha value is 0.1000. The number of alkyl halides is 2. The summed E-state index contributed by atoms with van der Waals surface area (Å²) in [7, 11) is -2.61. The fourth-order valence-corrected chi connectivity index (χ4v) is 2.60. The van der Waals surface area contributed by atoms with Crippen molar-refractivity contribution in [3.05, 3.63) is 0 Å². The first kappa shape index (κ1) is 13.1. The summed E-state index contributed by atoms with van der Waals surface area (Å²) < 4.78 is 43.6. The van der Waals surface area contributed by atoms with Crippen LogP contribution in [0.3, 0.4) is 0 Å². The highest BCUT2D eigenvalue weighted by molar-refractivity contribution is 7.92. The van der Waals surface area contributed by atoms with Gasteiger partial charge in [-0.05, 0) is 12.8 Å². The Morgan fingerprint density at radius 2 is 1.77 bits per heavy atom. The summed E-state index contributed by atoms with van der Waals surface area (Å²) >= 11 is 0. The van der Waals surface area contributed by atoms with Crippen LogP contribution in [0, 0.1) is 4.78 Å². The molecule has 1 fully saturated rings. The molecular weight excluding hydrogens is 220 g/mol. The van der Waals surface area contributed by atoms with Crippen LogP contribution in [0.15, 0.2) is 0 Å². The zero-order valence-electron chi connectivity index (χ0n) is 7.39. The summed E-state index contributed by atoms with van der Waals surface area (Å²) in [6.45, 7) is 0. The van der Waals surface area contributed by atoms with Crippen LogP contribution in [0.25, 0.3) is 0 Å². The maximum Gasteiger partial charge on any atom is 0.248 e. The third-order valence-corrected chi connectivity index (χ3v) is 4.04. The van der Waals surface area contributed by atoms with Crippen LogP contribution in [0.2, 0.25) is 0 Å². The van der Waals surface area contributed by atoms with Crippen LogP contribution in [0.1, 0.15) is 25.7 Å². The lowest BCUT2D eigenvalue weighted by Gasteiger charge is -2.28. The number of halogens is 3. The van der Waals surface area contributed by atoms with E-state index in [9.17, 15) is 13.0 Å². The van der Waals surface area contributed by atoms with Crippen molar-refractivity contribution in [2.24, 2.45) is 0 Å². The molecule has 1 rings (SSSR count). The zero-order chi connectivity index (χ0) is 9.41. The fraction of sp³-hybridized carbons (Fsp3) is 1.00. The number of hydrogen-bond donors (Lipinski definition) is 1. The first-order chi connectivity index (χ1) is 5.31. The molecule has 0 spiro atoms. The first-order valence-electron chi connectivity index (χ1n) is 3.92. The summed E-state index contributed by atoms with van der Waals surface area (Å²) in [5, 5.41) is -0.322. The molecule has 0 aliphatic heterocycles. The fourth-order valence-electron chi connectivity index (χ4n) is 1.46. The smallest absolute Gasteiger partial charge is 0.248 e. The quantitative estimate of drug-likeness (QED) is 0.743. The molecule has 0 amide bonds. The topological polar surface area (TPSA) is 40.9 Å². The van der Waals surface area contributed by atoms with Gasteiger partial charge in [-0.3, -0.25) is 4.78 Å². The molecule has 0 aromatic rings. The lowest BCUT2D eigenvalue weighted by atomic mass is 9.96. The predicted molar refractivity (Wildman–Crippen MR) is 51.2 cm³/mol. The molecule has 13 heavy (non-hydrogen) atoms. The molecule has 0 heterocycles. The molecule has 1 unspecified atom stereocenters. The van der Waals surface area contributed by atoms with Gasteiger partial charge >= 0.3 is 0 Å². The summed E-state index contributed by atoms with van der Waals surface area (Å²) in [5.41, 5.74) is 0. The molecule has 0 aromatic carbocycles. The van der Waals surface area contributed by atoms with Crippen molar-refractivity contribution < 1.29 is 13.0 Å². The van der Waals surface area contributed by atoms with E-state index in [1.807, 2.05) is 0 Å². The zero-order valence-corrected chi connectivity index (χ0v) is 9.02. The van der Waals surface area contributed by atoms with Crippen molar-refractivity contribution in [3.63, 3.8) is 0 Å². The Bertz CT molecular complexity index is 256. The van der Waals surface area contributed by atoms with Crippen LogP contribution in [0.5, 0.6) is 0 Å². The van der Waals surface area contributed by atoms with E-state index >= 15 is 0 Å². The summed E-state index contributed by atoms with van der Waals surface area (Å²) in [5.74, 6) is -2.58. The maximum absolute atomic E-state index is 12.6. The average molecular weight is 234 g/mol. The molecular formula is C7H14ClF2NOS. The molecule has 1 atom stereocenters. The second-order valence-corrected chi connectivity index (χ2v) is 5.93. The molecule has 1 N–H and O–H groups in total. The van der Waals surface area contributed by atoms with E-state index in [-0.39, 0.29) is 43.3 Å². The third-order valence-electron chi connectivity index (χ3n) is 2.30. The van der Waals surface area contributed by atoms with E-state index in [2.05, 4.69) is 0 Å². The lowest BCUT2D eigenvalue weighted by Crippen LogP contribution is -2.31. The minimum Gasteiger partial charge on any atom is -0.253 e. The number of nitrogens with one attached hydrogen (secondary N) is 1. The van der Waals surface area contributed by atoms with Gasteiger partial charge in [0.2, 0.25) is 5.92 Å². The van der Waals surface area contributed by atoms with Crippen molar-refractivity contribution >= 4 is 22.1 Å². The molecule has 80 valence electrons. The van der Waals surface area contributed by atoms with E-state index in [0.717, 1.165) is 0 Å². The van der Waals surface area contributed by atoms with Crippen molar-refractivity contribution in [3.8, 4) is 0 Å². The molecule has 2 nitrogen and oxygen atoms in total. The highest BCUT2D eigenvalue weighted by Gasteiger charge is 2.37. The Labute approximate surface area is 83.5 Å². The van der Waals surface area contributed by atoms with Gasteiger partial charge < -0.3 is 0 Å². The molecule has 1 aliphatic carbocycles. The van der Waals surface area contributed by atoms with Gasteiger partial charge in [-0.25, -0.2) is 13.0 Å². The minimum absolute atomic E-state index is 0. The molecule has 0 saturated heterocycles. The second kappa shape index (κ2) is 4.09. The van der Waals surface area contributed by atoms with E-state index in [1.165, 1.54) is 6.26 Å². The highest BCUT2D eigenvalue weighted by atomic mass is 35.5.